The van der Waals surface area contributed by atoms with Crippen LogP contribution in [0, 0.1) is 0 Å². The zero-order chi connectivity index (χ0) is 18.6. The van der Waals surface area contributed by atoms with E-state index in [2.05, 4.69) is 35.3 Å². The minimum atomic E-state index is 0.417. The second-order valence-corrected chi connectivity index (χ2v) is 6.00. The Bertz CT molecular complexity index is 1070. The highest BCUT2D eigenvalue weighted by Crippen LogP contribution is 2.23. The van der Waals surface area contributed by atoms with Crippen molar-refractivity contribution >= 4 is 22.7 Å². The molecule has 0 aliphatic rings. The van der Waals surface area contributed by atoms with Crippen molar-refractivity contribution in [3.63, 3.8) is 0 Å². The van der Waals surface area contributed by atoms with Crippen LogP contribution in [0.25, 0.3) is 16.9 Å². The van der Waals surface area contributed by atoms with Gasteiger partial charge in [-0.15, -0.1) is 5.11 Å². The summed E-state index contributed by atoms with van der Waals surface area (Å²) in [6.45, 7) is 0.417. The molecule has 0 spiro atoms. The lowest BCUT2D eigenvalue weighted by Gasteiger charge is -2.10. The SMILES string of the molecule is CN(C)c1ccc(CN=Nc2ncnc3c2cnn3-c2ccccn2)cn1. The summed E-state index contributed by atoms with van der Waals surface area (Å²) in [5.74, 6) is 2.05. The van der Waals surface area contributed by atoms with Crippen LogP contribution in [-0.2, 0) is 6.54 Å². The number of aromatic nitrogens is 6. The highest BCUT2D eigenvalue weighted by Gasteiger charge is 2.11. The maximum Gasteiger partial charge on any atom is 0.188 e. The summed E-state index contributed by atoms with van der Waals surface area (Å²) in [6, 6.07) is 9.54. The van der Waals surface area contributed by atoms with Gasteiger partial charge in [-0.05, 0) is 23.8 Å². The second-order valence-electron chi connectivity index (χ2n) is 6.00. The molecule has 4 aromatic rings. The highest BCUT2D eigenvalue weighted by atomic mass is 15.3. The van der Waals surface area contributed by atoms with Gasteiger partial charge in [0.2, 0.25) is 0 Å². The van der Waals surface area contributed by atoms with Gasteiger partial charge < -0.3 is 4.90 Å². The quantitative estimate of drug-likeness (QED) is 0.508. The summed E-state index contributed by atoms with van der Waals surface area (Å²) < 4.78 is 1.65. The summed E-state index contributed by atoms with van der Waals surface area (Å²) >= 11 is 0. The Morgan fingerprint density at radius 1 is 1.00 bits per heavy atom. The lowest BCUT2D eigenvalue weighted by atomic mass is 10.3. The first-order valence-electron chi connectivity index (χ1n) is 8.32. The number of azo groups is 1. The Morgan fingerprint density at radius 2 is 1.93 bits per heavy atom. The maximum atomic E-state index is 4.37. The fourth-order valence-corrected chi connectivity index (χ4v) is 2.52. The lowest BCUT2D eigenvalue weighted by Crippen LogP contribution is -2.10. The van der Waals surface area contributed by atoms with Crippen LogP contribution >= 0.6 is 0 Å². The van der Waals surface area contributed by atoms with Crippen molar-refractivity contribution < 1.29 is 0 Å². The van der Waals surface area contributed by atoms with Gasteiger partial charge in [0, 0.05) is 26.5 Å². The number of hydrogen-bond donors (Lipinski definition) is 0. The second kappa shape index (κ2) is 7.24. The van der Waals surface area contributed by atoms with Crippen LogP contribution in [0.2, 0.25) is 0 Å². The molecule has 0 amide bonds. The molecule has 0 aromatic carbocycles. The van der Waals surface area contributed by atoms with Gasteiger partial charge in [-0.1, -0.05) is 12.1 Å². The molecule has 0 unspecified atom stereocenters. The van der Waals surface area contributed by atoms with Crippen molar-refractivity contribution in [2.75, 3.05) is 19.0 Å². The average Bonchev–Trinajstić information content (AvgIpc) is 3.14. The molecule has 4 heterocycles. The molecule has 0 aliphatic heterocycles. The number of rotatable bonds is 5. The number of fused-ring (bicyclic) bond motifs is 1. The smallest absolute Gasteiger partial charge is 0.188 e. The van der Waals surface area contributed by atoms with Crippen LogP contribution in [0.5, 0.6) is 0 Å². The van der Waals surface area contributed by atoms with Crippen molar-refractivity contribution in [1.82, 2.24) is 29.7 Å². The van der Waals surface area contributed by atoms with E-state index in [1.807, 2.05) is 49.3 Å². The normalized spacial score (nSPS) is 11.3. The Morgan fingerprint density at radius 3 is 2.67 bits per heavy atom. The van der Waals surface area contributed by atoms with E-state index < -0.39 is 0 Å². The van der Waals surface area contributed by atoms with E-state index in [1.54, 1.807) is 23.3 Å². The monoisotopic (exact) mass is 359 g/mol. The fourth-order valence-electron chi connectivity index (χ4n) is 2.52. The van der Waals surface area contributed by atoms with Crippen molar-refractivity contribution in [3.05, 3.63) is 60.8 Å². The molecule has 9 heteroatoms. The zero-order valence-corrected chi connectivity index (χ0v) is 14.9. The van der Waals surface area contributed by atoms with E-state index >= 15 is 0 Å². The van der Waals surface area contributed by atoms with E-state index in [0.29, 0.717) is 29.2 Å². The third-order valence-corrected chi connectivity index (χ3v) is 3.90. The standard InChI is InChI=1S/C18H17N9/c1-26(2)15-7-6-13(9-20-15)10-23-25-17-14-11-24-27(18(14)22-12-21-17)16-5-3-4-8-19-16/h3-9,11-12H,10H2,1-2H3. The molecular weight excluding hydrogens is 342 g/mol. The van der Waals surface area contributed by atoms with Gasteiger partial charge in [-0.2, -0.15) is 14.9 Å². The zero-order valence-electron chi connectivity index (χ0n) is 14.9. The van der Waals surface area contributed by atoms with Gasteiger partial charge in [0.05, 0.1) is 18.1 Å². The molecule has 0 N–H and O–H groups in total. The molecule has 0 saturated carbocycles. The van der Waals surface area contributed by atoms with E-state index in [0.717, 1.165) is 11.4 Å². The van der Waals surface area contributed by atoms with Gasteiger partial charge >= 0.3 is 0 Å². The molecule has 0 aliphatic carbocycles. The van der Waals surface area contributed by atoms with Crippen molar-refractivity contribution in [1.29, 1.82) is 0 Å². The van der Waals surface area contributed by atoms with Gasteiger partial charge in [-0.3, -0.25) is 0 Å². The van der Waals surface area contributed by atoms with Crippen LogP contribution in [-0.4, -0.2) is 43.8 Å². The molecule has 4 rings (SSSR count). The van der Waals surface area contributed by atoms with Crippen LogP contribution in [0.3, 0.4) is 0 Å². The highest BCUT2D eigenvalue weighted by molar-refractivity contribution is 5.85. The molecule has 9 nitrogen and oxygen atoms in total. The van der Waals surface area contributed by atoms with E-state index in [4.69, 9.17) is 0 Å². The van der Waals surface area contributed by atoms with Crippen LogP contribution in [0.15, 0.2) is 65.5 Å². The molecule has 0 radical (unpaired) electrons. The van der Waals surface area contributed by atoms with Gasteiger partial charge in [0.15, 0.2) is 17.3 Å². The Hall–Kier alpha value is -3.75. The number of anilines is 1. The summed E-state index contributed by atoms with van der Waals surface area (Å²) in [5.41, 5.74) is 1.61. The van der Waals surface area contributed by atoms with Crippen molar-refractivity contribution in [2.45, 2.75) is 6.54 Å². The molecule has 134 valence electrons. The van der Waals surface area contributed by atoms with Gasteiger partial charge in [0.25, 0.3) is 0 Å². The predicted octanol–water partition coefficient (Wildman–Crippen LogP) is 2.96. The van der Waals surface area contributed by atoms with Crippen LogP contribution in [0.1, 0.15) is 5.56 Å². The lowest BCUT2D eigenvalue weighted by molar-refractivity contribution is 0.861. The minimum Gasteiger partial charge on any atom is -0.363 e. The third-order valence-electron chi connectivity index (χ3n) is 3.90. The molecule has 0 atom stereocenters. The molecule has 4 aromatic heterocycles. The van der Waals surface area contributed by atoms with Crippen molar-refractivity contribution in [3.8, 4) is 5.82 Å². The molecule has 27 heavy (non-hydrogen) atoms. The predicted molar refractivity (Wildman–Crippen MR) is 101 cm³/mol. The minimum absolute atomic E-state index is 0.417. The molecule has 0 bridgehead atoms. The Balaban J connectivity index is 1.57. The van der Waals surface area contributed by atoms with E-state index in [9.17, 15) is 0 Å². The average molecular weight is 359 g/mol. The Labute approximate surface area is 155 Å². The Kier molecular flexibility index (Phi) is 4.48. The van der Waals surface area contributed by atoms with Gasteiger partial charge in [0.1, 0.15) is 12.1 Å². The summed E-state index contributed by atoms with van der Waals surface area (Å²) in [6.07, 6.45) is 6.63. The number of pyridine rings is 2. The molecule has 0 fully saturated rings. The molecule has 0 saturated heterocycles. The van der Waals surface area contributed by atoms with E-state index in [-0.39, 0.29) is 0 Å². The largest absolute Gasteiger partial charge is 0.363 e. The van der Waals surface area contributed by atoms with E-state index in [1.165, 1.54) is 6.33 Å². The first-order chi connectivity index (χ1) is 13.2. The first kappa shape index (κ1) is 16.7. The van der Waals surface area contributed by atoms with Crippen LogP contribution in [0.4, 0.5) is 11.6 Å². The summed E-state index contributed by atoms with van der Waals surface area (Å²) in [4.78, 5) is 19.1. The van der Waals surface area contributed by atoms with Crippen molar-refractivity contribution in [2.24, 2.45) is 10.2 Å². The summed E-state index contributed by atoms with van der Waals surface area (Å²) in [7, 11) is 3.90. The van der Waals surface area contributed by atoms with Gasteiger partial charge in [-0.25, -0.2) is 19.9 Å². The number of nitrogens with zero attached hydrogens (tertiary/aromatic N) is 9. The third kappa shape index (κ3) is 3.47. The molecular formula is C18H17N9. The number of hydrogen-bond acceptors (Lipinski definition) is 8. The fraction of sp³-hybridized carbons (Fsp3) is 0.167. The summed E-state index contributed by atoms with van der Waals surface area (Å²) in [5, 5.41) is 13.6. The first-order valence-corrected chi connectivity index (χ1v) is 8.32. The topological polar surface area (TPSA) is 97.3 Å². The maximum absolute atomic E-state index is 4.37. The van der Waals surface area contributed by atoms with Crippen LogP contribution < -0.4 is 4.90 Å².